The van der Waals surface area contributed by atoms with Crippen LogP contribution in [-0.2, 0) is 10.0 Å². The molecule has 0 aliphatic rings. The number of benzene rings is 2. The average molecular weight is 379 g/mol. The van der Waals surface area contributed by atoms with Gasteiger partial charge >= 0.3 is 0 Å². The summed E-state index contributed by atoms with van der Waals surface area (Å²) in [5, 5.41) is 11.1. The Balaban J connectivity index is 2.27. The van der Waals surface area contributed by atoms with Gasteiger partial charge in [0, 0.05) is 18.7 Å². The second-order valence-corrected chi connectivity index (χ2v) is 7.57. The number of nitro benzene ring substituents is 1. The first-order chi connectivity index (χ1) is 12.3. The Hall–Kier alpha value is -2.49. The molecule has 1 N–H and O–H groups in total. The van der Waals surface area contributed by atoms with Crippen LogP contribution < -0.4 is 9.46 Å². The minimum Gasteiger partial charge on any atom is -0.497 e. The first-order valence-electron chi connectivity index (χ1n) is 7.79. The average Bonchev–Trinajstić information content (AvgIpc) is 2.61. The molecule has 2 aromatic carbocycles. The van der Waals surface area contributed by atoms with Crippen LogP contribution in [0.15, 0.2) is 53.4 Å². The highest BCUT2D eigenvalue weighted by atomic mass is 32.2. The number of hydrogen-bond acceptors (Lipinski definition) is 6. The van der Waals surface area contributed by atoms with Crippen LogP contribution in [0.4, 0.5) is 5.69 Å². The summed E-state index contributed by atoms with van der Waals surface area (Å²) in [6.07, 6.45) is 0. The zero-order valence-electron chi connectivity index (χ0n) is 14.7. The molecule has 1 unspecified atom stereocenters. The minimum absolute atomic E-state index is 0.0501. The molecule has 2 rings (SSSR count). The molecule has 1 atom stereocenters. The van der Waals surface area contributed by atoms with Gasteiger partial charge in [-0.05, 0) is 37.9 Å². The third-order valence-electron chi connectivity index (χ3n) is 3.92. The molecule has 0 fully saturated rings. The number of ether oxygens (including phenoxy) is 1. The van der Waals surface area contributed by atoms with E-state index in [1.54, 1.807) is 13.2 Å². The molecule has 0 heterocycles. The van der Waals surface area contributed by atoms with Gasteiger partial charge in [-0.2, -0.15) is 0 Å². The summed E-state index contributed by atoms with van der Waals surface area (Å²) in [7, 11) is 1.16. The molecule has 2 aromatic rings. The summed E-state index contributed by atoms with van der Waals surface area (Å²) in [5.41, 5.74) is 0.405. The summed E-state index contributed by atoms with van der Waals surface area (Å²) < 4.78 is 32.8. The number of hydrogen-bond donors (Lipinski definition) is 1. The van der Waals surface area contributed by atoms with E-state index in [1.165, 1.54) is 24.3 Å². The third kappa shape index (κ3) is 4.57. The maximum absolute atomic E-state index is 12.6. The number of nitrogens with zero attached hydrogens (tertiary/aromatic N) is 2. The number of nitrogens with one attached hydrogen (secondary N) is 1. The van der Waals surface area contributed by atoms with E-state index in [2.05, 4.69) is 4.72 Å². The van der Waals surface area contributed by atoms with Gasteiger partial charge in [-0.3, -0.25) is 10.1 Å². The number of likely N-dealkylation sites (N-methyl/N-ethyl adjacent to an activating group) is 1. The Morgan fingerprint density at radius 2 is 1.88 bits per heavy atom. The van der Waals surface area contributed by atoms with E-state index in [0.717, 1.165) is 5.56 Å². The van der Waals surface area contributed by atoms with Crippen molar-refractivity contribution in [2.75, 3.05) is 27.7 Å². The molecule has 0 radical (unpaired) electrons. The Labute approximate surface area is 152 Å². The maximum atomic E-state index is 12.6. The lowest BCUT2D eigenvalue weighted by Crippen LogP contribution is -2.34. The van der Waals surface area contributed by atoms with Crippen LogP contribution >= 0.6 is 0 Å². The van der Waals surface area contributed by atoms with Gasteiger partial charge < -0.3 is 9.64 Å². The third-order valence-corrected chi connectivity index (χ3v) is 5.39. The molecule has 0 bridgehead atoms. The van der Waals surface area contributed by atoms with E-state index >= 15 is 0 Å². The molecule has 26 heavy (non-hydrogen) atoms. The summed E-state index contributed by atoms with van der Waals surface area (Å²) in [4.78, 5) is 11.9. The maximum Gasteiger partial charge on any atom is 0.289 e. The van der Waals surface area contributed by atoms with Crippen LogP contribution in [0.2, 0.25) is 0 Å². The quantitative estimate of drug-likeness (QED) is 0.557. The van der Waals surface area contributed by atoms with Crippen molar-refractivity contribution in [1.29, 1.82) is 0 Å². The van der Waals surface area contributed by atoms with Crippen molar-refractivity contribution in [2.24, 2.45) is 0 Å². The molecule has 0 saturated heterocycles. The molecule has 0 spiro atoms. The van der Waals surface area contributed by atoms with Gasteiger partial charge in [0.2, 0.25) is 10.0 Å². The van der Waals surface area contributed by atoms with E-state index in [9.17, 15) is 18.5 Å². The predicted molar refractivity (Wildman–Crippen MR) is 97.7 cm³/mol. The summed E-state index contributed by atoms with van der Waals surface area (Å²) in [5.74, 6) is 0.663. The molecule has 140 valence electrons. The number of para-hydroxylation sites is 1. The fraction of sp³-hybridized carbons (Fsp3) is 0.294. The standard InChI is InChI=1S/C17H21N3O5S/c1-19(2)16(13-7-6-8-14(11-13)25-3)12-18-26(23,24)17-10-5-4-9-15(17)20(21)22/h4-11,16,18H,12H2,1-3H3. The van der Waals surface area contributed by atoms with Crippen molar-refractivity contribution in [2.45, 2.75) is 10.9 Å². The number of sulfonamides is 1. The normalized spacial score (nSPS) is 12.8. The monoisotopic (exact) mass is 379 g/mol. The van der Waals surface area contributed by atoms with Crippen LogP contribution in [0.25, 0.3) is 0 Å². The van der Waals surface area contributed by atoms with Crippen LogP contribution in [0.1, 0.15) is 11.6 Å². The molecule has 0 amide bonds. The Bertz CT molecular complexity index is 883. The van der Waals surface area contributed by atoms with Crippen LogP contribution in [0.5, 0.6) is 5.75 Å². The molecule has 8 nitrogen and oxygen atoms in total. The van der Waals surface area contributed by atoms with E-state index in [-0.39, 0.29) is 17.5 Å². The Morgan fingerprint density at radius 1 is 1.19 bits per heavy atom. The second kappa shape index (κ2) is 8.26. The van der Waals surface area contributed by atoms with Crippen LogP contribution in [0, 0.1) is 10.1 Å². The van der Waals surface area contributed by atoms with Crippen molar-refractivity contribution >= 4 is 15.7 Å². The molecule has 0 saturated carbocycles. The van der Waals surface area contributed by atoms with Crippen molar-refractivity contribution in [3.63, 3.8) is 0 Å². The smallest absolute Gasteiger partial charge is 0.289 e. The van der Waals surface area contributed by atoms with Crippen molar-refractivity contribution in [3.8, 4) is 5.75 Å². The highest BCUT2D eigenvalue weighted by Gasteiger charge is 2.26. The van der Waals surface area contributed by atoms with Gasteiger partial charge in [-0.25, -0.2) is 13.1 Å². The molecule has 0 aliphatic heterocycles. The van der Waals surface area contributed by atoms with Crippen LogP contribution in [-0.4, -0.2) is 46.0 Å². The first-order valence-corrected chi connectivity index (χ1v) is 9.28. The minimum atomic E-state index is -4.04. The lowest BCUT2D eigenvalue weighted by molar-refractivity contribution is -0.387. The van der Waals surface area contributed by atoms with Crippen molar-refractivity contribution < 1.29 is 18.1 Å². The van der Waals surface area contributed by atoms with E-state index in [1.807, 2.05) is 37.2 Å². The van der Waals surface area contributed by atoms with Crippen LogP contribution in [0.3, 0.4) is 0 Å². The van der Waals surface area contributed by atoms with Gasteiger partial charge in [-0.1, -0.05) is 24.3 Å². The van der Waals surface area contributed by atoms with Gasteiger partial charge in [0.05, 0.1) is 12.0 Å². The molecule has 0 aromatic heterocycles. The second-order valence-electron chi connectivity index (χ2n) is 5.83. The van der Waals surface area contributed by atoms with E-state index in [0.29, 0.717) is 5.75 Å². The lowest BCUT2D eigenvalue weighted by Gasteiger charge is -2.25. The van der Waals surface area contributed by atoms with Crippen molar-refractivity contribution in [3.05, 3.63) is 64.2 Å². The highest BCUT2D eigenvalue weighted by Crippen LogP contribution is 2.25. The Morgan fingerprint density at radius 3 is 2.50 bits per heavy atom. The lowest BCUT2D eigenvalue weighted by atomic mass is 10.1. The molecule has 9 heteroatoms. The SMILES string of the molecule is COc1cccc(C(CNS(=O)(=O)c2ccccc2[N+](=O)[O-])N(C)C)c1. The Kier molecular flexibility index (Phi) is 6.30. The predicted octanol–water partition coefficient (Wildman–Crippen LogP) is 2.18. The fourth-order valence-electron chi connectivity index (χ4n) is 2.55. The summed E-state index contributed by atoms with van der Waals surface area (Å²) >= 11 is 0. The van der Waals surface area contributed by atoms with Gasteiger partial charge in [-0.15, -0.1) is 0 Å². The number of rotatable bonds is 8. The van der Waals surface area contributed by atoms with Crippen molar-refractivity contribution in [1.82, 2.24) is 9.62 Å². The number of methoxy groups -OCH3 is 1. The van der Waals surface area contributed by atoms with Gasteiger partial charge in [0.15, 0.2) is 4.90 Å². The largest absolute Gasteiger partial charge is 0.497 e. The van der Waals surface area contributed by atoms with E-state index in [4.69, 9.17) is 4.74 Å². The molecule has 0 aliphatic carbocycles. The summed E-state index contributed by atoms with van der Waals surface area (Å²) in [6.45, 7) is 0.0501. The summed E-state index contributed by atoms with van der Waals surface area (Å²) in [6, 6.07) is 12.3. The van der Waals surface area contributed by atoms with Gasteiger partial charge in [0.1, 0.15) is 5.75 Å². The first kappa shape index (κ1) is 19.8. The highest BCUT2D eigenvalue weighted by molar-refractivity contribution is 7.89. The van der Waals surface area contributed by atoms with Gasteiger partial charge in [0.25, 0.3) is 5.69 Å². The zero-order valence-corrected chi connectivity index (χ0v) is 15.6. The fourth-order valence-corrected chi connectivity index (χ4v) is 3.76. The molecular weight excluding hydrogens is 358 g/mol. The topological polar surface area (TPSA) is 102 Å². The molecular formula is C17H21N3O5S. The zero-order chi connectivity index (χ0) is 19.3. The van der Waals surface area contributed by atoms with E-state index < -0.39 is 20.6 Å². The number of nitro groups is 1.